The first kappa shape index (κ1) is 19.4. The van der Waals surface area contributed by atoms with E-state index in [2.05, 4.69) is 15.6 Å². The fourth-order valence-corrected chi connectivity index (χ4v) is 3.31. The molecule has 2 aromatic carbocycles. The summed E-state index contributed by atoms with van der Waals surface area (Å²) in [7, 11) is 3.14. The van der Waals surface area contributed by atoms with Gasteiger partial charge in [-0.1, -0.05) is 0 Å². The number of benzene rings is 2. The highest BCUT2D eigenvalue weighted by Gasteiger charge is 2.14. The van der Waals surface area contributed by atoms with E-state index in [4.69, 9.17) is 9.47 Å². The van der Waals surface area contributed by atoms with Gasteiger partial charge in [-0.2, -0.15) is 0 Å². The minimum Gasteiger partial charge on any atom is -0.493 e. The van der Waals surface area contributed by atoms with Crippen LogP contribution in [0.4, 0.5) is 11.4 Å². The minimum absolute atomic E-state index is 0.151. The molecule has 7 nitrogen and oxygen atoms in total. The van der Waals surface area contributed by atoms with Gasteiger partial charge in [0.25, 0.3) is 5.91 Å². The number of amides is 2. The van der Waals surface area contributed by atoms with Crippen molar-refractivity contribution in [2.24, 2.45) is 0 Å². The van der Waals surface area contributed by atoms with E-state index in [1.165, 1.54) is 18.3 Å². The summed E-state index contributed by atoms with van der Waals surface area (Å²) >= 11 is 1.37. The number of hydrogen-bond donors (Lipinski definition) is 2. The van der Waals surface area contributed by atoms with E-state index in [0.29, 0.717) is 33.6 Å². The van der Waals surface area contributed by atoms with Crippen molar-refractivity contribution < 1.29 is 19.1 Å². The average molecular weight is 397 g/mol. The standard InChI is InChI=1S/C20H19N3O4S/c1-12(24)21-14-5-7-15(8-6-14)22-19(25)16-11-28-20(23-16)13-4-9-17(26-2)18(10-13)27-3/h4-11H,1-3H3,(H,21,24)(H,22,25). The number of ether oxygens (including phenoxy) is 2. The molecule has 0 bridgehead atoms. The van der Waals surface area contributed by atoms with Gasteiger partial charge in [0.05, 0.1) is 14.2 Å². The summed E-state index contributed by atoms with van der Waals surface area (Å²) in [5.74, 6) is 0.765. The molecule has 3 aromatic rings. The van der Waals surface area contributed by atoms with Crippen LogP contribution in [0.25, 0.3) is 10.6 Å². The maximum Gasteiger partial charge on any atom is 0.275 e. The molecule has 0 aliphatic carbocycles. The molecule has 0 saturated heterocycles. The third kappa shape index (κ3) is 4.47. The van der Waals surface area contributed by atoms with Gasteiger partial charge in [0.2, 0.25) is 5.91 Å². The van der Waals surface area contributed by atoms with Gasteiger partial charge in [0.1, 0.15) is 10.7 Å². The Morgan fingerprint density at radius 1 is 0.929 bits per heavy atom. The maximum absolute atomic E-state index is 12.5. The molecule has 1 aromatic heterocycles. The number of carbonyl (C=O) groups excluding carboxylic acids is 2. The SMILES string of the molecule is COc1ccc(-c2nc(C(=O)Nc3ccc(NC(C)=O)cc3)cs2)cc1OC. The van der Waals surface area contributed by atoms with Crippen molar-refractivity contribution in [1.82, 2.24) is 4.98 Å². The van der Waals surface area contributed by atoms with Crippen LogP contribution in [0.3, 0.4) is 0 Å². The Hall–Kier alpha value is -3.39. The molecule has 2 N–H and O–H groups in total. The second-order valence-electron chi connectivity index (χ2n) is 5.82. The van der Waals surface area contributed by atoms with Crippen LogP contribution in [0.15, 0.2) is 47.8 Å². The first-order valence-corrected chi connectivity index (χ1v) is 9.25. The highest BCUT2D eigenvalue weighted by Crippen LogP contribution is 2.33. The molecule has 0 saturated carbocycles. The van der Waals surface area contributed by atoms with E-state index in [9.17, 15) is 9.59 Å². The monoisotopic (exact) mass is 397 g/mol. The lowest BCUT2D eigenvalue weighted by atomic mass is 10.2. The molecule has 0 unspecified atom stereocenters. The van der Waals surface area contributed by atoms with Gasteiger partial charge in [-0.05, 0) is 42.5 Å². The van der Waals surface area contributed by atoms with Crippen LogP contribution in [0.5, 0.6) is 11.5 Å². The van der Waals surface area contributed by atoms with Crippen LogP contribution in [0.1, 0.15) is 17.4 Å². The van der Waals surface area contributed by atoms with Crippen molar-refractivity contribution in [3.05, 3.63) is 53.5 Å². The van der Waals surface area contributed by atoms with E-state index >= 15 is 0 Å². The molecular weight excluding hydrogens is 378 g/mol. The first-order valence-electron chi connectivity index (χ1n) is 8.37. The van der Waals surface area contributed by atoms with Crippen LogP contribution >= 0.6 is 11.3 Å². The van der Waals surface area contributed by atoms with Gasteiger partial charge < -0.3 is 20.1 Å². The zero-order valence-electron chi connectivity index (χ0n) is 15.6. The summed E-state index contributed by atoms with van der Waals surface area (Å²) in [6, 6.07) is 12.3. The van der Waals surface area contributed by atoms with Gasteiger partial charge in [-0.3, -0.25) is 9.59 Å². The Labute approximate surface area is 166 Å². The lowest BCUT2D eigenvalue weighted by Gasteiger charge is -2.08. The molecule has 3 rings (SSSR count). The molecule has 0 fully saturated rings. The van der Waals surface area contributed by atoms with Crippen molar-refractivity contribution in [3.8, 4) is 22.1 Å². The second kappa shape index (κ2) is 8.53. The summed E-state index contributed by atoms with van der Waals surface area (Å²) in [5.41, 5.74) is 2.43. The predicted octanol–water partition coefficient (Wildman–Crippen LogP) is 4.04. The Kier molecular flexibility index (Phi) is 5.90. The van der Waals surface area contributed by atoms with Gasteiger partial charge in [-0.25, -0.2) is 4.98 Å². The highest BCUT2D eigenvalue weighted by atomic mass is 32.1. The maximum atomic E-state index is 12.5. The second-order valence-corrected chi connectivity index (χ2v) is 6.68. The van der Waals surface area contributed by atoms with Crippen LogP contribution in [0.2, 0.25) is 0 Å². The molecule has 144 valence electrons. The first-order chi connectivity index (χ1) is 13.5. The molecule has 1 heterocycles. The zero-order chi connectivity index (χ0) is 20.1. The average Bonchev–Trinajstić information content (AvgIpc) is 3.19. The van der Waals surface area contributed by atoms with Gasteiger partial charge in [0, 0.05) is 29.2 Å². The largest absolute Gasteiger partial charge is 0.493 e. The molecule has 0 radical (unpaired) electrons. The summed E-state index contributed by atoms with van der Waals surface area (Å²) in [6.07, 6.45) is 0. The van der Waals surface area contributed by atoms with E-state index in [-0.39, 0.29) is 11.8 Å². The van der Waals surface area contributed by atoms with Crippen molar-refractivity contribution in [3.63, 3.8) is 0 Å². The molecule has 0 aliphatic rings. The molecule has 2 amide bonds. The summed E-state index contributed by atoms with van der Waals surface area (Å²) < 4.78 is 10.5. The molecule has 8 heteroatoms. The Bertz CT molecular complexity index is 999. The van der Waals surface area contributed by atoms with Crippen molar-refractivity contribution in [1.29, 1.82) is 0 Å². The number of carbonyl (C=O) groups is 2. The normalized spacial score (nSPS) is 10.2. The van der Waals surface area contributed by atoms with E-state index in [1.54, 1.807) is 49.9 Å². The number of rotatable bonds is 6. The number of nitrogens with one attached hydrogen (secondary N) is 2. The van der Waals surface area contributed by atoms with Crippen molar-refractivity contribution in [2.75, 3.05) is 24.9 Å². The van der Waals surface area contributed by atoms with Gasteiger partial charge in [-0.15, -0.1) is 11.3 Å². The number of anilines is 2. The Balaban J connectivity index is 1.73. The number of methoxy groups -OCH3 is 2. The fraction of sp³-hybridized carbons (Fsp3) is 0.150. The van der Waals surface area contributed by atoms with Crippen LogP contribution in [-0.2, 0) is 4.79 Å². The zero-order valence-corrected chi connectivity index (χ0v) is 16.4. The minimum atomic E-state index is -0.310. The number of thiazole rings is 1. The van der Waals surface area contributed by atoms with Gasteiger partial charge >= 0.3 is 0 Å². The van der Waals surface area contributed by atoms with E-state index < -0.39 is 0 Å². The molecule has 0 atom stereocenters. The van der Waals surface area contributed by atoms with Crippen LogP contribution in [-0.4, -0.2) is 31.0 Å². The fourth-order valence-electron chi connectivity index (χ4n) is 2.52. The lowest BCUT2D eigenvalue weighted by molar-refractivity contribution is -0.114. The van der Waals surface area contributed by atoms with Gasteiger partial charge in [0.15, 0.2) is 11.5 Å². The quantitative estimate of drug-likeness (QED) is 0.655. The van der Waals surface area contributed by atoms with Crippen molar-refractivity contribution >= 4 is 34.5 Å². The molecule has 0 aliphatic heterocycles. The van der Waals surface area contributed by atoms with E-state index in [1.807, 2.05) is 12.1 Å². The third-order valence-corrected chi connectivity index (χ3v) is 4.72. The smallest absolute Gasteiger partial charge is 0.275 e. The van der Waals surface area contributed by atoms with Crippen molar-refractivity contribution in [2.45, 2.75) is 6.92 Å². The number of nitrogens with zero attached hydrogens (tertiary/aromatic N) is 1. The third-order valence-electron chi connectivity index (χ3n) is 3.83. The topological polar surface area (TPSA) is 89.5 Å². The van der Waals surface area contributed by atoms with Crippen LogP contribution < -0.4 is 20.1 Å². The highest BCUT2D eigenvalue weighted by molar-refractivity contribution is 7.13. The molecule has 28 heavy (non-hydrogen) atoms. The number of hydrogen-bond acceptors (Lipinski definition) is 6. The Morgan fingerprint density at radius 2 is 1.57 bits per heavy atom. The summed E-state index contributed by atoms with van der Waals surface area (Å²) in [5, 5.41) is 7.87. The lowest BCUT2D eigenvalue weighted by Crippen LogP contribution is -2.12. The Morgan fingerprint density at radius 3 is 2.18 bits per heavy atom. The summed E-state index contributed by atoms with van der Waals surface area (Å²) in [6.45, 7) is 1.44. The van der Waals surface area contributed by atoms with E-state index in [0.717, 1.165) is 5.56 Å². The summed E-state index contributed by atoms with van der Waals surface area (Å²) in [4.78, 5) is 27.9. The molecule has 0 spiro atoms. The molecular formula is C20H19N3O4S. The van der Waals surface area contributed by atoms with Crippen LogP contribution in [0, 0.1) is 0 Å². The number of aromatic nitrogens is 1. The predicted molar refractivity (Wildman–Crippen MR) is 109 cm³/mol.